The Morgan fingerprint density at radius 2 is 1.85 bits per heavy atom. The fourth-order valence-corrected chi connectivity index (χ4v) is 2.75. The summed E-state index contributed by atoms with van der Waals surface area (Å²) in [6.07, 6.45) is 3.49. The third kappa shape index (κ3) is 3.92. The summed E-state index contributed by atoms with van der Waals surface area (Å²) < 4.78 is 11.0. The van der Waals surface area contributed by atoms with Gasteiger partial charge in [0.1, 0.15) is 6.61 Å². The number of ether oxygens (including phenoxy) is 2. The normalized spacial score (nSPS) is 15.1. The topological polar surface area (TPSA) is 51.1 Å². The van der Waals surface area contributed by atoms with Gasteiger partial charge in [-0.1, -0.05) is 36.4 Å². The molecule has 0 N–H and O–H groups in total. The molecule has 1 amide bonds. The molecule has 0 fully saturated rings. The van der Waals surface area contributed by atoms with Gasteiger partial charge >= 0.3 is 0 Å². The molecule has 0 atom stereocenters. The van der Waals surface area contributed by atoms with E-state index in [9.17, 15) is 4.79 Å². The molecule has 138 valence electrons. The van der Waals surface area contributed by atoms with Crippen molar-refractivity contribution < 1.29 is 14.3 Å². The van der Waals surface area contributed by atoms with Crippen LogP contribution in [-0.4, -0.2) is 25.3 Å². The van der Waals surface area contributed by atoms with E-state index in [1.807, 2.05) is 62.4 Å². The van der Waals surface area contributed by atoms with Crippen LogP contribution in [0.3, 0.4) is 0 Å². The zero-order valence-electron chi connectivity index (χ0n) is 15.7. The zero-order chi connectivity index (χ0) is 19.4. The lowest BCUT2D eigenvalue weighted by atomic mass is 10.1. The fourth-order valence-electron chi connectivity index (χ4n) is 2.75. The van der Waals surface area contributed by atoms with E-state index >= 15 is 0 Å². The molecule has 0 unspecified atom stereocenters. The maximum absolute atomic E-state index is 12.8. The molecule has 1 aliphatic rings. The highest BCUT2D eigenvalue weighted by Gasteiger charge is 2.28. The van der Waals surface area contributed by atoms with Crippen molar-refractivity contribution in [3.63, 3.8) is 0 Å². The molecule has 1 aliphatic heterocycles. The Hall–Kier alpha value is -3.34. The summed E-state index contributed by atoms with van der Waals surface area (Å²) in [5, 5.41) is 5.84. The highest BCUT2D eigenvalue weighted by molar-refractivity contribution is 6.32. The van der Waals surface area contributed by atoms with Gasteiger partial charge in [0.25, 0.3) is 5.91 Å². The Morgan fingerprint density at radius 1 is 1.11 bits per heavy atom. The summed E-state index contributed by atoms with van der Waals surface area (Å²) >= 11 is 0. The number of hydrazone groups is 1. The van der Waals surface area contributed by atoms with Crippen molar-refractivity contribution in [2.24, 2.45) is 5.10 Å². The third-order valence-electron chi connectivity index (χ3n) is 4.20. The first-order valence-corrected chi connectivity index (χ1v) is 8.63. The molecule has 0 saturated carbocycles. The predicted octanol–water partition coefficient (Wildman–Crippen LogP) is 4.37. The smallest absolute Gasteiger partial charge is 0.280 e. The monoisotopic (exact) mass is 362 g/mol. The lowest BCUT2D eigenvalue weighted by molar-refractivity contribution is -0.114. The molecule has 0 saturated heterocycles. The minimum Gasteiger partial charge on any atom is -0.493 e. The quantitative estimate of drug-likeness (QED) is 0.566. The van der Waals surface area contributed by atoms with Crippen LogP contribution in [0, 0.1) is 6.92 Å². The average molecular weight is 362 g/mol. The number of carbonyl (C=O) groups excluding carboxylic acids is 1. The van der Waals surface area contributed by atoms with Crippen molar-refractivity contribution in [1.29, 1.82) is 0 Å². The van der Waals surface area contributed by atoms with Crippen molar-refractivity contribution in [3.05, 3.63) is 71.8 Å². The number of anilines is 1. The van der Waals surface area contributed by atoms with Gasteiger partial charge < -0.3 is 9.47 Å². The van der Waals surface area contributed by atoms with Crippen LogP contribution in [0.1, 0.15) is 18.1 Å². The van der Waals surface area contributed by atoms with Crippen LogP contribution < -0.4 is 14.5 Å². The zero-order valence-corrected chi connectivity index (χ0v) is 15.7. The first-order valence-electron chi connectivity index (χ1n) is 8.63. The summed E-state index contributed by atoms with van der Waals surface area (Å²) in [4.78, 5) is 12.8. The van der Waals surface area contributed by atoms with E-state index in [0.717, 1.165) is 16.8 Å². The van der Waals surface area contributed by atoms with Gasteiger partial charge in [0.2, 0.25) is 0 Å². The molecule has 0 aromatic heterocycles. The summed E-state index contributed by atoms with van der Waals surface area (Å²) in [7, 11) is 1.58. The highest BCUT2D eigenvalue weighted by atomic mass is 16.5. The van der Waals surface area contributed by atoms with Crippen LogP contribution in [0.4, 0.5) is 5.69 Å². The van der Waals surface area contributed by atoms with Crippen molar-refractivity contribution >= 4 is 23.4 Å². The van der Waals surface area contributed by atoms with Crippen molar-refractivity contribution in [2.45, 2.75) is 13.8 Å². The predicted molar refractivity (Wildman–Crippen MR) is 108 cm³/mol. The van der Waals surface area contributed by atoms with Gasteiger partial charge in [-0.2, -0.15) is 10.1 Å². The van der Waals surface area contributed by atoms with Gasteiger partial charge in [-0.15, -0.1) is 0 Å². The maximum Gasteiger partial charge on any atom is 0.280 e. The summed E-state index contributed by atoms with van der Waals surface area (Å²) in [5.74, 6) is 1.08. The molecule has 0 aliphatic carbocycles. The molecular weight excluding hydrogens is 340 g/mol. The van der Waals surface area contributed by atoms with E-state index in [4.69, 9.17) is 9.47 Å². The molecular formula is C22H22N2O3. The Bertz CT molecular complexity index is 927. The molecule has 0 bridgehead atoms. The van der Waals surface area contributed by atoms with Crippen LogP contribution >= 0.6 is 0 Å². The standard InChI is InChI=1S/C22H22N2O3/c1-5-12-27-20-11-8-17(14-21(20)26-4)13-19-16(3)23-24(22(19)25)18-9-6-15(2)7-10-18/h5-11,13-14H,1,12H2,2-4H3/b19-13+. The van der Waals surface area contributed by atoms with Gasteiger partial charge in [0.15, 0.2) is 11.5 Å². The Labute approximate surface area is 159 Å². The lowest BCUT2D eigenvalue weighted by Gasteiger charge is -2.12. The van der Waals surface area contributed by atoms with Gasteiger partial charge in [-0.25, -0.2) is 0 Å². The number of benzene rings is 2. The second-order valence-corrected chi connectivity index (χ2v) is 6.21. The third-order valence-corrected chi connectivity index (χ3v) is 4.20. The Kier molecular flexibility index (Phi) is 5.41. The molecule has 1 heterocycles. The van der Waals surface area contributed by atoms with Crippen LogP contribution in [0.2, 0.25) is 0 Å². The van der Waals surface area contributed by atoms with E-state index < -0.39 is 0 Å². The number of aryl methyl sites for hydroxylation is 1. The molecule has 3 rings (SSSR count). The molecule has 27 heavy (non-hydrogen) atoms. The number of rotatable bonds is 6. The molecule has 0 spiro atoms. The average Bonchev–Trinajstić information content (AvgIpc) is 2.95. The second-order valence-electron chi connectivity index (χ2n) is 6.21. The number of nitrogens with zero attached hydrogens (tertiary/aromatic N) is 2. The van der Waals surface area contributed by atoms with Crippen LogP contribution in [0.15, 0.2) is 65.8 Å². The number of carbonyl (C=O) groups is 1. The van der Waals surface area contributed by atoms with Gasteiger partial charge in [0.05, 0.1) is 24.1 Å². The lowest BCUT2D eigenvalue weighted by Crippen LogP contribution is -2.21. The largest absolute Gasteiger partial charge is 0.493 e. The minimum absolute atomic E-state index is 0.151. The summed E-state index contributed by atoms with van der Waals surface area (Å²) in [6.45, 7) is 7.87. The minimum atomic E-state index is -0.151. The van der Waals surface area contributed by atoms with Crippen LogP contribution in [-0.2, 0) is 4.79 Å². The van der Waals surface area contributed by atoms with E-state index in [-0.39, 0.29) is 5.91 Å². The molecule has 0 radical (unpaired) electrons. The number of methoxy groups -OCH3 is 1. The first kappa shape index (κ1) is 18.5. The number of hydrogen-bond donors (Lipinski definition) is 0. The van der Waals surface area contributed by atoms with E-state index in [2.05, 4.69) is 11.7 Å². The molecule has 5 nitrogen and oxygen atoms in total. The SMILES string of the molecule is C=CCOc1ccc(/C=C2/C(=O)N(c3ccc(C)cc3)N=C2C)cc1OC. The van der Waals surface area contributed by atoms with Gasteiger partial charge in [-0.05, 0) is 49.8 Å². The van der Waals surface area contributed by atoms with E-state index in [0.29, 0.717) is 29.4 Å². The van der Waals surface area contributed by atoms with Gasteiger partial charge in [-0.3, -0.25) is 4.79 Å². The highest BCUT2D eigenvalue weighted by Crippen LogP contribution is 2.30. The van der Waals surface area contributed by atoms with E-state index in [1.54, 1.807) is 13.2 Å². The Morgan fingerprint density at radius 3 is 2.52 bits per heavy atom. The van der Waals surface area contributed by atoms with Crippen molar-refractivity contribution in [3.8, 4) is 11.5 Å². The Balaban J connectivity index is 1.89. The summed E-state index contributed by atoms with van der Waals surface area (Å²) in [5.41, 5.74) is 3.94. The molecule has 2 aromatic carbocycles. The van der Waals surface area contributed by atoms with E-state index in [1.165, 1.54) is 5.01 Å². The van der Waals surface area contributed by atoms with Crippen molar-refractivity contribution in [2.75, 3.05) is 18.7 Å². The maximum atomic E-state index is 12.8. The number of amides is 1. The second kappa shape index (κ2) is 7.91. The fraction of sp³-hybridized carbons (Fsp3) is 0.182. The molecule has 5 heteroatoms. The first-order chi connectivity index (χ1) is 13.0. The summed E-state index contributed by atoms with van der Waals surface area (Å²) in [6, 6.07) is 13.2. The van der Waals surface area contributed by atoms with Crippen LogP contribution in [0.5, 0.6) is 11.5 Å². The van der Waals surface area contributed by atoms with Crippen molar-refractivity contribution in [1.82, 2.24) is 0 Å². The van der Waals surface area contributed by atoms with Gasteiger partial charge in [0, 0.05) is 0 Å². The molecule has 2 aromatic rings. The van der Waals surface area contributed by atoms with Crippen LogP contribution in [0.25, 0.3) is 6.08 Å². The number of hydrogen-bond acceptors (Lipinski definition) is 4.